The topological polar surface area (TPSA) is 55.5 Å². The molecule has 3 nitrogen and oxygen atoms in total. The molecule has 0 unspecified atom stereocenters. The highest BCUT2D eigenvalue weighted by molar-refractivity contribution is 9.10. The summed E-state index contributed by atoms with van der Waals surface area (Å²) in [6.07, 6.45) is 2.05. The zero-order chi connectivity index (χ0) is 10.2. The molecule has 1 saturated carbocycles. The monoisotopic (exact) mass is 257 g/mol. The highest BCUT2D eigenvalue weighted by Crippen LogP contribution is 2.51. The van der Waals surface area contributed by atoms with E-state index < -0.39 is 0 Å². The number of benzene rings is 1. The summed E-state index contributed by atoms with van der Waals surface area (Å²) in [4.78, 5) is 4.69. The summed E-state index contributed by atoms with van der Waals surface area (Å²) in [5.41, 5.74) is 0.894. The predicted molar refractivity (Wildman–Crippen MR) is 56.9 cm³/mol. The van der Waals surface area contributed by atoms with Gasteiger partial charge in [-0.05, 0) is 25.0 Å². The summed E-state index contributed by atoms with van der Waals surface area (Å²) in [5, 5.41) is 9.77. The van der Waals surface area contributed by atoms with Crippen LogP contribution in [0.15, 0.2) is 22.7 Å². The van der Waals surface area contributed by atoms with Gasteiger partial charge in [0.05, 0.1) is 6.61 Å². The molecule has 0 aromatic heterocycles. The molecule has 0 amide bonds. The van der Waals surface area contributed by atoms with Crippen LogP contribution in [0.25, 0.3) is 0 Å². The van der Waals surface area contributed by atoms with Gasteiger partial charge in [0.1, 0.15) is 5.75 Å². The molecular weight excluding hydrogens is 246 g/mol. The van der Waals surface area contributed by atoms with Crippen LogP contribution >= 0.6 is 15.9 Å². The molecule has 3 N–H and O–H groups in total. The van der Waals surface area contributed by atoms with Crippen LogP contribution in [0.5, 0.6) is 5.75 Å². The van der Waals surface area contributed by atoms with Gasteiger partial charge in [-0.3, -0.25) is 0 Å². The van der Waals surface area contributed by atoms with Crippen LogP contribution in [0, 0.1) is 0 Å². The van der Waals surface area contributed by atoms with E-state index >= 15 is 0 Å². The first kappa shape index (κ1) is 9.96. The number of nitrogens with two attached hydrogens (primary N) is 1. The third-order valence-electron chi connectivity index (χ3n) is 2.74. The first-order valence-corrected chi connectivity index (χ1v) is 5.28. The van der Waals surface area contributed by atoms with Crippen molar-refractivity contribution >= 4 is 15.9 Å². The Morgan fingerprint density at radius 3 is 2.71 bits per heavy atom. The number of phenols is 1. The van der Waals surface area contributed by atoms with Crippen molar-refractivity contribution in [3.8, 4) is 5.75 Å². The number of hydrogen-bond acceptors (Lipinski definition) is 3. The first-order valence-electron chi connectivity index (χ1n) is 4.49. The van der Waals surface area contributed by atoms with E-state index in [0.717, 1.165) is 22.9 Å². The van der Waals surface area contributed by atoms with Crippen molar-refractivity contribution in [2.24, 2.45) is 5.90 Å². The van der Waals surface area contributed by atoms with E-state index in [-0.39, 0.29) is 5.41 Å². The van der Waals surface area contributed by atoms with Crippen LogP contribution in [0.3, 0.4) is 0 Å². The molecule has 1 aliphatic rings. The van der Waals surface area contributed by atoms with Gasteiger partial charge in [-0.25, -0.2) is 5.90 Å². The van der Waals surface area contributed by atoms with Crippen molar-refractivity contribution in [3.63, 3.8) is 0 Å². The fourth-order valence-electron chi connectivity index (χ4n) is 1.76. The molecule has 0 spiro atoms. The van der Waals surface area contributed by atoms with Crippen molar-refractivity contribution < 1.29 is 9.94 Å². The summed E-state index contributed by atoms with van der Waals surface area (Å²) >= 11 is 3.31. The molecule has 0 aliphatic heterocycles. The summed E-state index contributed by atoms with van der Waals surface area (Å²) in [6.45, 7) is 0.474. The van der Waals surface area contributed by atoms with Crippen molar-refractivity contribution in [1.82, 2.24) is 0 Å². The summed E-state index contributed by atoms with van der Waals surface area (Å²) in [6, 6.07) is 5.54. The van der Waals surface area contributed by atoms with Gasteiger partial charge in [-0.15, -0.1) is 0 Å². The maximum absolute atomic E-state index is 9.77. The molecule has 0 atom stereocenters. The Labute approximate surface area is 91.0 Å². The maximum atomic E-state index is 9.77. The van der Waals surface area contributed by atoms with Crippen LogP contribution in [-0.2, 0) is 10.3 Å². The molecule has 14 heavy (non-hydrogen) atoms. The summed E-state index contributed by atoms with van der Waals surface area (Å²) in [5.74, 6) is 5.39. The maximum Gasteiger partial charge on any atom is 0.120 e. The molecular formula is C10H12BrNO2. The van der Waals surface area contributed by atoms with Gasteiger partial charge in [0.15, 0.2) is 0 Å². The molecule has 2 rings (SSSR count). The number of hydrogen-bond donors (Lipinski definition) is 2. The van der Waals surface area contributed by atoms with E-state index in [1.54, 1.807) is 6.07 Å². The molecule has 4 heteroatoms. The zero-order valence-electron chi connectivity index (χ0n) is 7.66. The minimum Gasteiger partial charge on any atom is -0.508 e. The largest absolute Gasteiger partial charge is 0.508 e. The third-order valence-corrected chi connectivity index (χ3v) is 3.24. The van der Waals surface area contributed by atoms with Crippen LogP contribution in [0.1, 0.15) is 18.4 Å². The zero-order valence-corrected chi connectivity index (χ0v) is 9.25. The molecule has 1 fully saturated rings. The smallest absolute Gasteiger partial charge is 0.120 e. The standard InChI is InChI=1S/C10H12BrNO2/c11-7-1-2-8(9(13)5-7)10(3-4-10)6-14-12/h1-2,5,13H,3-4,6,12H2. The SMILES string of the molecule is NOCC1(c2ccc(Br)cc2O)CC1. The molecule has 0 heterocycles. The van der Waals surface area contributed by atoms with Gasteiger partial charge in [0, 0.05) is 15.5 Å². The lowest BCUT2D eigenvalue weighted by Crippen LogP contribution is -2.18. The van der Waals surface area contributed by atoms with E-state index in [2.05, 4.69) is 20.8 Å². The lowest BCUT2D eigenvalue weighted by atomic mass is 9.96. The molecule has 0 bridgehead atoms. The Bertz CT molecular complexity index is 350. The second kappa shape index (κ2) is 3.53. The van der Waals surface area contributed by atoms with Crippen molar-refractivity contribution in [2.45, 2.75) is 18.3 Å². The lowest BCUT2D eigenvalue weighted by Gasteiger charge is -2.15. The van der Waals surface area contributed by atoms with Crippen LogP contribution in [0.2, 0.25) is 0 Å². The van der Waals surface area contributed by atoms with E-state index in [1.807, 2.05) is 12.1 Å². The van der Waals surface area contributed by atoms with E-state index in [4.69, 9.17) is 5.90 Å². The minimum atomic E-state index is -0.0421. The Balaban J connectivity index is 2.32. The van der Waals surface area contributed by atoms with E-state index in [0.29, 0.717) is 12.4 Å². The average molecular weight is 258 g/mol. The summed E-state index contributed by atoms with van der Waals surface area (Å²) in [7, 11) is 0. The molecule has 0 radical (unpaired) electrons. The fourth-order valence-corrected chi connectivity index (χ4v) is 2.10. The second-order valence-corrected chi connectivity index (χ2v) is 4.67. The van der Waals surface area contributed by atoms with Crippen LogP contribution in [-0.4, -0.2) is 11.7 Å². The fraction of sp³-hybridized carbons (Fsp3) is 0.400. The highest BCUT2D eigenvalue weighted by Gasteiger charge is 2.46. The van der Waals surface area contributed by atoms with E-state index in [9.17, 15) is 5.11 Å². The molecule has 76 valence electrons. The minimum absolute atomic E-state index is 0.0421. The molecule has 1 aromatic rings. The first-order chi connectivity index (χ1) is 6.68. The van der Waals surface area contributed by atoms with Gasteiger partial charge >= 0.3 is 0 Å². The predicted octanol–water partition coefficient (Wildman–Crippen LogP) is 2.08. The van der Waals surface area contributed by atoms with Crippen LogP contribution in [0.4, 0.5) is 0 Å². The van der Waals surface area contributed by atoms with Crippen molar-refractivity contribution in [3.05, 3.63) is 28.2 Å². The van der Waals surface area contributed by atoms with Gasteiger partial charge in [0.25, 0.3) is 0 Å². The van der Waals surface area contributed by atoms with Crippen molar-refractivity contribution in [1.29, 1.82) is 0 Å². The molecule has 0 saturated heterocycles. The average Bonchev–Trinajstić information content (AvgIpc) is 2.86. The Morgan fingerprint density at radius 1 is 1.50 bits per heavy atom. The van der Waals surface area contributed by atoms with Gasteiger partial charge in [0.2, 0.25) is 0 Å². The number of phenolic OH excluding ortho intramolecular Hbond substituents is 1. The summed E-state index contributed by atoms with van der Waals surface area (Å²) < 4.78 is 0.878. The van der Waals surface area contributed by atoms with Gasteiger partial charge in [-0.2, -0.15) is 0 Å². The quantitative estimate of drug-likeness (QED) is 0.816. The Morgan fingerprint density at radius 2 is 2.21 bits per heavy atom. The van der Waals surface area contributed by atoms with E-state index in [1.165, 1.54) is 0 Å². The third kappa shape index (κ3) is 1.65. The molecule has 1 aromatic carbocycles. The number of rotatable bonds is 3. The number of aromatic hydroxyl groups is 1. The van der Waals surface area contributed by atoms with Gasteiger partial charge < -0.3 is 9.94 Å². The highest BCUT2D eigenvalue weighted by atomic mass is 79.9. The Kier molecular flexibility index (Phi) is 2.51. The Hall–Kier alpha value is -0.580. The normalized spacial score (nSPS) is 18.1. The second-order valence-electron chi connectivity index (χ2n) is 3.75. The van der Waals surface area contributed by atoms with Gasteiger partial charge in [-0.1, -0.05) is 22.0 Å². The number of halogens is 1. The molecule has 1 aliphatic carbocycles. The van der Waals surface area contributed by atoms with Crippen molar-refractivity contribution in [2.75, 3.05) is 6.61 Å². The van der Waals surface area contributed by atoms with Crippen LogP contribution < -0.4 is 5.90 Å². The lowest BCUT2D eigenvalue weighted by molar-refractivity contribution is 0.115.